The highest BCUT2D eigenvalue weighted by Gasteiger charge is 2.21. The fourth-order valence-electron chi connectivity index (χ4n) is 2.74. The Balaban J connectivity index is 1.91. The van der Waals surface area contributed by atoms with Crippen LogP contribution in [0.1, 0.15) is 30.0 Å². The van der Waals surface area contributed by atoms with Crippen molar-refractivity contribution in [1.29, 1.82) is 0 Å². The van der Waals surface area contributed by atoms with Crippen molar-refractivity contribution in [2.75, 3.05) is 13.1 Å². The first kappa shape index (κ1) is 14.2. The van der Waals surface area contributed by atoms with E-state index in [2.05, 4.69) is 22.8 Å². The lowest BCUT2D eigenvalue weighted by Crippen LogP contribution is -2.24. The second kappa shape index (κ2) is 6.80. The van der Waals surface area contributed by atoms with E-state index in [0.29, 0.717) is 0 Å². The van der Waals surface area contributed by atoms with Crippen LogP contribution in [0.3, 0.4) is 0 Å². The van der Waals surface area contributed by atoms with Gasteiger partial charge in [-0.2, -0.15) is 0 Å². The Kier molecular flexibility index (Phi) is 4.60. The topological polar surface area (TPSA) is 3.24 Å². The van der Waals surface area contributed by atoms with E-state index < -0.39 is 0 Å². The zero-order valence-corrected chi connectivity index (χ0v) is 12.7. The van der Waals surface area contributed by atoms with Gasteiger partial charge in [-0.3, -0.25) is 4.90 Å². The summed E-state index contributed by atoms with van der Waals surface area (Å²) in [5.41, 5.74) is 2.25. The van der Waals surface area contributed by atoms with Crippen molar-refractivity contribution < 1.29 is 0 Å². The molecular weight excluding hydrogens is 278 g/mol. The van der Waals surface area contributed by atoms with E-state index in [1.807, 2.05) is 48.5 Å². The number of nitrogens with zero attached hydrogens (tertiary/aromatic N) is 1. The number of benzene rings is 2. The molecule has 3 rings (SSSR count). The number of rotatable bonds is 2. The Hall–Kier alpha value is -1.75. The Bertz CT molecular complexity index is 648. The van der Waals surface area contributed by atoms with Crippen molar-refractivity contribution in [1.82, 2.24) is 4.90 Å². The van der Waals surface area contributed by atoms with Crippen molar-refractivity contribution in [3.05, 3.63) is 70.7 Å². The monoisotopic (exact) mass is 295 g/mol. The first-order chi connectivity index (χ1) is 10.3. The molecule has 0 amide bonds. The van der Waals surface area contributed by atoms with E-state index in [-0.39, 0.29) is 6.04 Å². The maximum atomic E-state index is 6.15. The Morgan fingerprint density at radius 3 is 2.43 bits per heavy atom. The van der Waals surface area contributed by atoms with Crippen molar-refractivity contribution in [3.63, 3.8) is 0 Å². The van der Waals surface area contributed by atoms with Gasteiger partial charge < -0.3 is 0 Å². The molecule has 1 unspecified atom stereocenters. The lowest BCUT2D eigenvalue weighted by Gasteiger charge is -2.23. The summed E-state index contributed by atoms with van der Waals surface area (Å²) in [7, 11) is 0. The zero-order chi connectivity index (χ0) is 14.5. The third-order valence-electron chi connectivity index (χ3n) is 3.80. The van der Waals surface area contributed by atoms with E-state index >= 15 is 0 Å². The number of halogens is 1. The molecule has 0 radical (unpaired) electrons. The molecule has 2 heteroatoms. The maximum absolute atomic E-state index is 6.15. The molecule has 106 valence electrons. The van der Waals surface area contributed by atoms with Crippen LogP contribution in [0.5, 0.6) is 0 Å². The van der Waals surface area contributed by atoms with Gasteiger partial charge in [0.05, 0.1) is 6.04 Å². The van der Waals surface area contributed by atoms with Crippen LogP contribution >= 0.6 is 11.6 Å². The molecule has 1 fully saturated rings. The van der Waals surface area contributed by atoms with Gasteiger partial charge >= 0.3 is 0 Å². The highest BCUT2D eigenvalue weighted by Crippen LogP contribution is 2.26. The molecule has 0 bridgehead atoms. The van der Waals surface area contributed by atoms with Gasteiger partial charge in [-0.1, -0.05) is 53.8 Å². The highest BCUT2D eigenvalue weighted by molar-refractivity contribution is 6.30. The molecule has 0 aliphatic carbocycles. The number of likely N-dealkylation sites (tertiary alicyclic amines) is 1. The molecule has 21 heavy (non-hydrogen) atoms. The normalized spacial score (nSPS) is 16.2. The Morgan fingerprint density at radius 2 is 1.71 bits per heavy atom. The summed E-state index contributed by atoms with van der Waals surface area (Å²) in [5.74, 6) is 6.74. The van der Waals surface area contributed by atoms with Gasteiger partial charge in [-0.05, 0) is 55.8 Å². The highest BCUT2D eigenvalue weighted by atomic mass is 35.5. The van der Waals surface area contributed by atoms with Gasteiger partial charge in [0.25, 0.3) is 0 Å². The van der Waals surface area contributed by atoms with Crippen LogP contribution in [0.2, 0.25) is 5.02 Å². The van der Waals surface area contributed by atoms with Crippen LogP contribution in [-0.4, -0.2) is 18.0 Å². The predicted octanol–water partition coefficient (Wildman–Crippen LogP) is 4.53. The average Bonchev–Trinajstić information content (AvgIpc) is 3.03. The second-order valence-corrected chi connectivity index (χ2v) is 5.77. The van der Waals surface area contributed by atoms with Crippen LogP contribution in [0.4, 0.5) is 0 Å². The summed E-state index contributed by atoms with van der Waals surface area (Å²) in [4.78, 5) is 2.45. The lowest BCUT2D eigenvalue weighted by atomic mass is 10.1. The fraction of sp³-hybridized carbons (Fsp3) is 0.263. The van der Waals surface area contributed by atoms with E-state index in [4.69, 9.17) is 11.6 Å². The molecule has 1 aliphatic rings. The van der Waals surface area contributed by atoms with E-state index in [1.54, 1.807) is 0 Å². The molecule has 1 saturated heterocycles. The van der Waals surface area contributed by atoms with Gasteiger partial charge in [0.15, 0.2) is 0 Å². The molecule has 0 spiro atoms. The van der Waals surface area contributed by atoms with Crippen LogP contribution < -0.4 is 0 Å². The van der Waals surface area contributed by atoms with E-state index in [1.165, 1.54) is 18.4 Å². The Labute approximate surface area is 131 Å². The van der Waals surface area contributed by atoms with Gasteiger partial charge in [0, 0.05) is 10.6 Å². The van der Waals surface area contributed by atoms with Gasteiger partial charge in [-0.15, -0.1) is 0 Å². The van der Waals surface area contributed by atoms with Crippen molar-refractivity contribution in [2.24, 2.45) is 0 Å². The number of hydrogen-bond acceptors (Lipinski definition) is 1. The van der Waals surface area contributed by atoms with Crippen molar-refractivity contribution in [3.8, 4) is 11.8 Å². The molecule has 1 heterocycles. The lowest BCUT2D eigenvalue weighted by molar-refractivity contribution is 0.296. The van der Waals surface area contributed by atoms with Crippen LogP contribution in [-0.2, 0) is 0 Å². The van der Waals surface area contributed by atoms with E-state index in [0.717, 1.165) is 23.7 Å². The minimum atomic E-state index is 0.131. The summed E-state index contributed by atoms with van der Waals surface area (Å²) >= 11 is 6.15. The molecule has 2 aromatic rings. The number of hydrogen-bond donors (Lipinski definition) is 0. The van der Waals surface area contributed by atoms with Crippen LogP contribution in [0.25, 0.3) is 0 Å². The molecule has 2 aromatic carbocycles. The van der Waals surface area contributed by atoms with E-state index in [9.17, 15) is 0 Å². The molecule has 0 N–H and O–H groups in total. The largest absolute Gasteiger partial charge is 0.286 e. The molecule has 0 aromatic heterocycles. The summed E-state index contributed by atoms with van der Waals surface area (Å²) in [6, 6.07) is 18.4. The third-order valence-corrected chi connectivity index (χ3v) is 4.03. The van der Waals surface area contributed by atoms with Gasteiger partial charge in [-0.25, -0.2) is 0 Å². The van der Waals surface area contributed by atoms with Crippen molar-refractivity contribution >= 4 is 11.6 Å². The first-order valence-corrected chi connectivity index (χ1v) is 7.77. The standard InChI is InChI=1S/C19H18ClN/c20-18-10-6-9-17(15-18)19(21-13-4-5-14-21)12-11-16-7-2-1-3-8-16/h1-3,6-10,15,19H,4-5,13-14H2. The molecule has 1 nitrogen and oxygen atoms in total. The minimum absolute atomic E-state index is 0.131. The van der Waals surface area contributed by atoms with Crippen LogP contribution in [0.15, 0.2) is 54.6 Å². The molecule has 0 saturated carbocycles. The summed E-state index contributed by atoms with van der Waals surface area (Å²) in [5, 5.41) is 0.776. The average molecular weight is 296 g/mol. The smallest absolute Gasteiger partial charge is 0.0975 e. The van der Waals surface area contributed by atoms with Crippen molar-refractivity contribution in [2.45, 2.75) is 18.9 Å². The Morgan fingerprint density at radius 1 is 0.952 bits per heavy atom. The molecule has 1 atom stereocenters. The molecular formula is C19H18ClN. The summed E-state index contributed by atoms with van der Waals surface area (Å²) in [6.07, 6.45) is 2.51. The van der Waals surface area contributed by atoms with Gasteiger partial charge in [0.1, 0.15) is 0 Å². The quantitative estimate of drug-likeness (QED) is 0.736. The van der Waals surface area contributed by atoms with Crippen LogP contribution in [0, 0.1) is 11.8 Å². The third kappa shape index (κ3) is 3.67. The predicted molar refractivity (Wildman–Crippen MR) is 88.3 cm³/mol. The fourth-order valence-corrected chi connectivity index (χ4v) is 2.93. The summed E-state index contributed by atoms with van der Waals surface area (Å²) in [6.45, 7) is 2.22. The second-order valence-electron chi connectivity index (χ2n) is 5.34. The maximum Gasteiger partial charge on any atom is 0.0975 e. The first-order valence-electron chi connectivity index (χ1n) is 7.39. The SMILES string of the molecule is Clc1cccc(C(C#Cc2ccccc2)N2CCCC2)c1. The van der Waals surface area contributed by atoms with Gasteiger partial charge in [0.2, 0.25) is 0 Å². The summed E-state index contributed by atoms with van der Waals surface area (Å²) < 4.78 is 0. The minimum Gasteiger partial charge on any atom is -0.286 e. The molecule has 1 aliphatic heterocycles. The zero-order valence-electron chi connectivity index (χ0n) is 11.9.